The smallest absolute Gasteiger partial charge is 0.320 e. The van der Waals surface area contributed by atoms with Gasteiger partial charge >= 0.3 is 16.3 Å². The molecular formula is C21H26F5N3O2S. The maximum Gasteiger partial charge on any atom is 0.320 e. The minimum absolute atomic E-state index is 0.00394. The molecule has 4 fully saturated rings. The Morgan fingerprint density at radius 2 is 1.75 bits per heavy atom. The molecule has 2 amide bonds. The number of urea groups is 1. The highest BCUT2D eigenvalue weighted by molar-refractivity contribution is 8.45. The highest BCUT2D eigenvalue weighted by Gasteiger charge is 2.65. The van der Waals surface area contributed by atoms with Gasteiger partial charge in [0, 0.05) is 37.3 Å². The number of morpholine rings is 1. The van der Waals surface area contributed by atoms with E-state index in [0.717, 1.165) is 37.1 Å². The summed E-state index contributed by atoms with van der Waals surface area (Å²) in [7, 11) is -9.64. The van der Waals surface area contributed by atoms with Crippen LogP contribution in [0.4, 0.5) is 24.2 Å². The summed E-state index contributed by atoms with van der Waals surface area (Å²) < 4.78 is 70.2. The van der Waals surface area contributed by atoms with Crippen LogP contribution in [-0.2, 0) is 4.74 Å². The van der Waals surface area contributed by atoms with Crippen LogP contribution in [0.3, 0.4) is 0 Å². The van der Waals surface area contributed by atoms with E-state index in [1.54, 1.807) is 0 Å². The average Bonchev–Trinajstić information content (AvgIpc) is 2.63. The van der Waals surface area contributed by atoms with E-state index in [1.807, 2.05) is 9.80 Å². The van der Waals surface area contributed by atoms with Crippen LogP contribution in [0.5, 0.6) is 0 Å². The molecule has 3 aliphatic heterocycles. The Morgan fingerprint density at radius 1 is 1.09 bits per heavy atom. The van der Waals surface area contributed by atoms with Crippen LogP contribution in [0.15, 0.2) is 41.4 Å². The summed E-state index contributed by atoms with van der Waals surface area (Å²) in [5.41, 5.74) is 1.44. The van der Waals surface area contributed by atoms with Gasteiger partial charge in [0.05, 0.1) is 18.8 Å². The molecule has 1 N–H and O–H groups in total. The predicted molar refractivity (Wildman–Crippen MR) is 111 cm³/mol. The number of carbonyl (C=O) groups is 1. The van der Waals surface area contributed by atoms with Crippen LogP contribution in [0.1, 0.15) is 30.7 Å². The van der Waals surface area contributed by atoms with Gasteiger partial charge in [-0.15, -0.1) is 0 Å². The number of piperidine rings is 1. The first-order valence-corrected chi connectivity index (χ1v) is 12.6. The number of nitrogens with one attached hydrogen (secondary N) is 1. The third-order valence-corrected chi connectivity index (χ3v) is 8.32. The number of benzene rings is 1. The molecule has 0 aromatic heterocycles. The molecule has 1 aromatic rings. The van der Waals surface area contributed by atoms with Crippen LogP contribution in [0.2, 0.25) is 0 Å². The number of amides is 2. The monoisotopic (exact) mass is 479 g/mol. The summed E-state index contributed by atoms with van der Waals surface area (Å²) in [6.07, 6.45) is 2.34. The number of rotatable bonds is 2. The van der Waals surface area contributed by atoms with Gasteiger partial charge in [0.15, 0.2) is 0 Å². The third kappa shape index (κ3) is 3.93. The van der Waals surface area contributed by atoms with Crippen molar-refractivity contribution in [2.24, 2.45) is 5.41 Å². The molecule has 1 saturated carbocycles. The number of hydrogen-bond donors (Lipinski definition) is 1. The van der Waals surface area contributed by atoms with Crippen LogP contribution in [0, 0.1) is 5.41 Å². The lowest BCUT2D eigenvalue weighted by Gasteiger charge is -2.60. The van der Waals surface area contributed by atoms with Gasteiger partial charge in [0.25, 0.3) is 0 Å². The first kappa shape index (κ1) is 21.8. The van der Waals surface area contributed by atoms with Gasteiger partial charge in [-0.25, -0.2) is 4.79 Å². The minimum atomic E-state index is -9.64. The zero-order chi connectivity index (χ0) is 23.0. The highest BCUT2D eigenvalue weighted by Crippen LogP contribution is 3.02. The van der Waals surface area contributed by atoms with Crippen molar-refractivity contribution in [2.75, 3.05) is 32.8 Å². The molecule has 178 valence electrons. The molecule has 1 spiro atoms. The molecule has 32 heavy (non-hydrogen) atoms. The highest BCUT2D eigenvalue weighted by atomic mass is 32.5. The van der Waals surface area contributed by atoms with Crippen molar-refractivity contribution in [3.05, 3.63) is 42.1 Å². The van der Waals surface area contributed by atoms with E-state index in [4.69, 9.17) is 4.74 Å². The summed E-state index contributed by atoms with van der Waals surface area (Å²) in [4.78, 5) is 14.7. The largest absolute Gasteiger partial charge is 0.380 e. The van der Waals surface area contributed by atoms with E-state index in [-0.39, 0.29) is 29.5 Å². The van der Waals surface area contributed by atoms with Gasteiger partial charge < -0.3 is 19.9 Å². The van der Waals surface area contributed by atoms with Crippen LogP contribution in [-0.4, -0.2) is 60.8 Å². The molecule has 5 rings (SSSR count). The zero-order valence-corrected chi connectivity index (χ0v) is 18.2. The van der Waals surface area contributed by atoms with E-state index >= 15 is 0 Å². The molecular weight excluding hydrogens is 453 g/mol. The molecule has 3 heterocycles. The molecule has 5 nitrogen and oxygen atoms in total. The van der Waals surface area contributed by atoms with Crippen LogP contribution >= 0.6 is 10.2 Å². The fraction of sp³-hybridized carbons (Fsp3) is 0.571. The van der Waals surface area contributed by atoms with Crippen molar-refractivity contribution >= 4 is 16.3 Å². The number of carbonyl (C=O) groups excluding carboxylic acids is 1. The van der Waals surface area contributed by atoms with Gasteiger partial charge in [-0.2, -0.15) is 0 Å². The zero-order valence-electron chi connectivity index (χ0n) is 17.4. The van der Waals surface area contributed by atoms with Crippen molar-refractivity contribution in [3.63, 3.8) is 0 Å². The second-order valence-electron chi connectivity index (χ2n) is 9.72. The number of ether oxygens (including phenoxy) is 1. The normalized spacial score (nSPS) is 29.8. The molecule has 1 aromatic carbocycles. The van der Waals surface area contributed by atoms with Crippen molar-refractivity contribution in [3.8, 4) is 0 Å². The summed E-state index contributed by atoms with van der Waals surface area (Å²) in [6.45, 7) is 6.82. The van der Waals surface area contributed by atoms with E-state index in [9.17, 15) is 24.2 Å². The van der Waals surface area contributed by atoms with Crippen LogP contribution < -0.4 is 5.32 Å². The Bertz CT molecular complexity index is 955. The van der Waals surface area contributed by atoms with Gasteiger partial charge in [-0.05, 0) is 42.9 Å². The van der Waals surface area contributed by atoms with Gasteiger partial charge in [0.1, 0.15) is 4.90 Å². The fourth-order valence-electron chi connectivity index (χ4n) is 5.53. The minimum Gasteiger partial charge on any atom is -0.380 e. The molecule has 11 heteroatoms. The molecule has 3 saturated heterocycles. The molecule has 0 radical (unpaired) electrons. The van der Waals surface area contributed by atoms with Crippen LogP contribution in [0.25, 0.3) is 0 Å². The standard InChI is InChI=1S/C21H26F5N3O2S/c1-14-11-31-19-6-7-28(10-18(19)27-14)20(30)29-12-21(13-29)8-16(9-21)15-2-4-17(5-3-15)32(22,23,24,25)26/h2-5,16,18-19,27H,1,6-13H2/t18-,19+/m1/s1. The fourth-order valence-corrected chi connectivity index (χ4v) is 6.18. The molecule has 0 bridgehead atoms. The lowest BCUT2D eigenvalue weighted by atomic mass is 9.56. The summed E-state index contributed by atoms with van der Waals surface area (Å²) in [6, 6.07) is 3.33. The number of hydrogen-bond acceptors (Lipinski definition) is 3. The lowest BCUT2D eigenvalue weighted by molar-refractivity contribution is -0.0638. The average molecular weight is 480 g/mol. The summed E-state index contributed by atoms with van der Waals surface area (Å²) in [5.74, 6) is 0.0326. The Hall–Kier alpha value is -2.01. The lowest BCUT2D eigenvalue weighted by Crippen LogP contribution is -2.67. The quantitative estimate of drug-likeness (QED) is 0.592. The molecule has 1 aliphatic carbocycles. The number of nitrogens with zero attached hydrogens (tertiary/aromatic N) is 2. The maximum atomic E-state index is 12.9. The van der Waals surface area contributed by atoms with Crippen molar-refractivity contribution in [1.82, 2.24) is 15.1 Å². The maximum absolute atomic E-state index is 12.9. The second-order valence-corrected chi connectivity index (χ2v) is 12.1. The first-order chi connectivity index (χ1) is 14.7. The van der Waals surface area contributed by atoms with E-state index in [1.165, 1.54) is 0 Å². The number of likely N-dealkylation sites (tertiary alicyclic amines) is 2. The third-order valence-electron chi connectivity index (χ3n) is 7.16. The van der Waals surface area contributed by atoms with Gasteiger partial charge in [-0.3, -0.25) is 0 Å². The topological polar surface area (TPSA) is 44.8 Å². The first-order valence-electron chi connectivity index (χ1n) is 10.7. The Morgan fingerprint density at radius 3 is 2.38 bits per heavy atom. The number of fused-ring (bicyclic) bond motifs is 1. The van der Waals surface area contributed by atoms with Gasteiger partial charge in [-0.1, -0.05) is 38.1 Å². The SMILES string of the molecule is C=C1CO[C@H]2CCN(C(=O)N3CC4(CC(c5ccc(S(F)(F)(F)(F)F)cc5)C4)C3)C[C@H]2N1. The molecule has 2 atom stereocenters. The molecule has 0 unspecified atom stereocenters. The Labute approximate surface area is 183 Å². The van der Waals surface area contributed by atoms with Crippen molar-refractivity contribution in [1.29, 1.82) is 0 Å². The van der Waals surface area contributed by atoms with Crippen molar-refractivity contribution in [2.45, 2.75) is 42.2 Å². The van der Waals surface area contributed by atoms with Crippen molar-refractivity contribution < 1.29 is 29.0 Å². The number of halogens is 5. The summed E-state index contributed by atoms with van der Waals surface area (Å²) in [5, 5.41) is 3.31. The van der Waals surface area contributed by atoms with E-state index in [2.05, 4.69) is 11.9 Å². The Balaban J connectivity index is 1.14. The molecule has 4 aliphatic rings. The van der Waals surface area contributed by atoms with E-state index < -0.39 is 15.1 Å². The predicted octanol–water partition coefficient (Wildman–Crippen LogP) is 5.22. The van der Waals surface area contributed by atoms with E-state index in [0.29, 0.717) is 50.5 Å². The summed E-state index contributed by atoms with van der Waals surface area (Å²) >= 11 is 0. The van der Waals surface area contributed by atoms with Gasteiger partial charge in [0.2, 0.25) is 0 Å². The Kier molecular flexibility index (Phi) is 4.30. The second kappa shape index (κ2) is 6.31.